The molecule has 0 spiro atoms. The van der Waals surface area contributed by atoms with Gasteiger partial charge in [0.2, 0.25) is 6.41 Å². The van der Waals surface area contributed by atoms with Crippen LogP contribution in [0, 0.1) is 11.8 Å². The molecule has 2 aliphatic rings. The first-order chi connectivity index (χ1) is 31.9. The molecule has 0 aliphatic heterocycles. The van der Waals surface area contributed by atoms with Crippen molar-refractivity contribution in [2.24, 2.45) is 17.6 Å². The van der Waals surface area contributed by atoms with E-state index >= 15 is 0 Å². The molecule has 0 aromatic rings. The summed E-state index contributed by atoms with van der Waals surface area (Å²) in [6, 6.07) is 0. The molecule has 65 heavy (non-hydrogen) atoms. The second-order valence-electron chi connectivity index (χ2n) is 17.8. The van der Waals surface area contributed by atoms with E-state index in [9.17, 15) is 9.59 Å². The van der Waals surface area contributed by atoms with E-state index in [2.05, 4.69) is 64.7 Å². The van der Waals surface area contributed by atoms with Crippen LogP contribution in [0.2, 0.25) is 0 Å². The number of carbonyl (C=O) groups is 3. The van der Waals surface area contributed by atoms with E-state index in [-0.39, 0.29) is 24.6 Å². The lowest BCUT2D eigenvalue weighted by molar-refractivity contribution is -0.154. The summed E-state index contributed by atoms with van der Waals surface area (Å²) in [4.78, 5) is 31.2. The fourth-order valence-electron chi connectivity index (χ4n) is 7.96. The van der Waals surface area contributed by atoms with Gasteiger partial charge < -0.3 is 24.7 Å². The molecule has 2 fully saturated rings. The monoisotopic (exact) mass is 922 g/mol. The molecule has 4 unspecified atom stereocenters. The third-order valence-electron chi connectivity index (χ3n) is 11.9. The minimum atomic E-state index is -0.0306. The van der Waals surface area contributed by atoms with Crippen LogP contribution >= 0.6 is 0 Å². The third-order valence-corrected chi connectivity index (χ3v) is 11.9. The molecular formula is C58H115NO6. The van der Waals surface area contributed by atoms with E-state index in [1.807, 2.05) is 27.7 Å². The number of hydrogen-bond donors (Lipinski definition) is 1. The fourth-order valence-corrected chi connectivity index (χ4v) is 7.96. The second-order valence-corrected chi connectivity index (χ2v) is 17.8. The molecule has 0 aromatic carbocycles. The van der Waals surface area contributed by atoms with E-state index in [0.29, 0.717) is 24.9 Å². The Hall–Kier alpha value is -1.99. The largest absolute Gasteiger partial charge is 0.460 e. The van der Waals surface area contributed by atoms with Crippen LogP contribution in [0.3, 0.4) is 0 Å². The summed E-state index contributed by atoms with van der Waals surface area (Å²) in [5.74, 6) is 1.38. The first kappa shape index (κ1) is 69.6. The summed E-state index contributed by atoms with van der Waals surface area (Å²) < 4.78 is 17.3. The smallest absolute Gasteiger partial charge is 0.306 e. The maximum absolute atomic E-state index is 12.3. The number of nitrogens with two attached hydrogens (primary N) is 1. The molecule has 0 saturated heterocycles. The van der Waals surface area contributed by atoms with Gasteiger partial charge in [-0.25, -0.2) is 0 Å². The number of methoxy groups -OCH3 is 1. The molecule has 7 nitrogen and oxygen atoms in total. The van der Waals surface area contributed by atoms with Crippen LogP contribution in [0.4, 0.5) is 0 Å². The Morgan fingerprint density at radius 1 is 0.569 bits per heavy atom. The van der Waals surface area contributed by atoms with E-state index in [1.54, 1.807) is 7.11 Å². The summed E-state index contributed by atoms with van der Waals surface area (Å²) in [6.45, 7) is 20.2. The minimum Gasteiger partial charge on any atom is -0.460 e. The van der Waals surface area contributed by atoms with Crippen LogP contribution in [0.5, 0.6) is 0 Å². The molecule has 2 N–H and O–H groups in total. The Morgan fingerprint density at radius 2 is 1.00 bits per heavy atom. The Balaban J connectivity index is -0.000000467. The second kappa shape index (κ2) is 62.0. The van der Waals surface area contributed by atoms with Crippen LogP contribution in [0.15, 0.2) is 24.3 Å². The lowest BCUT2D eigenvalue weighted by atomic mass is 10.00. The van der Waals surface area contributed by atoms with E-state index in [1.165, 1.54) is 173 Å². The first-order valence-electron chi connectivity index (χ1n) is 28.1. The van der Waals surface area contributed by atoms with Gasteiger partial charge in [-0.05, 0) is 88.9 Å². The summed E-state index contributed by atoms with van der Waals surface area (Å²) in [7, 11) is 1.75. The quantitative estimate of drug-likeness (QED) is 0.0286. The summed E-state index contributed by atoms with van der Waals surface area (Å²) in [6.07, 6.45) is 53.8. The highest BCUT2D eigenvalue weighted by molar-refractivity contribution is 5.69. The van der Waals surface area contributed by atoms with Crippen molar-refractivity contribution in [1.29, 1.82) is 0 Å². The van der Waals surface area contributed by atoms with Gasteiger partial charge in [0.25, 0.3) is 0 Å². The molecule has 0 radical (unpaired) electrons. The Morgan fingerprint density at radius 3 is 1.49 bits per heavy atom. The molecular weight excluding hydrogens is 807 g/mol. The van der Waals surface area contributed by atoms with Crippen molar-refractivity contribution >= 4 is 18.7 Å². The summed E-state index contributed by atoms with van der Waals surface area (Å²) >= 11 is 0. The van der Waals surface area contributed by atoms with Gasteiger partial charge in [-0.1, -0.05) is 221 Å². The zero-order valence-electron chi connectivity index (χ0n) is 45.3. The zero-order chi connectivity index (χ0) is 49.3. The molecule has 0 heterocycles. The number of rotatable bonds is 38. The number of esters is 1. The molecule has 2 saturated carbocycles. The molecule has 2 aliphatic carbocycles. The highest BCUT2D eigenvalue weighted by Crippen LogP contribution is 2.36. The van der Waals surface area contributed by atoms with Crippen molar-refractivity contribution in [2.75, 3.05) is 13.7 Å². The number of aldehydes is 1. The molecule has 4 atom stereocenters. The highest BCUT2D eigenvalue weighted by atomic mass is 16.6. The van der Waals surface area contributed by atoms with Crippen LogP contribution in [0.1, 0.15) is 287 Å². The zero-order valence-corrected chi connectivity index (χ0v) is 45.3. The Labute approximate surface area is 406 Å². The predicted octanol–water partition coefficient (Wildman–Crippen LogP) is 17.7. The molecule has 0 aromatic heterocycles. The van der Waals surface area contributed by atoms with Crippen molar-refractivity contribution in [3.05, 3.63) is 24.3 Å². The molecule has 388 valence electrons. The summed E-state index contributed by atoms with van der Waals surface area (Å²) in [5, 5.41) is 0. The number of carbonyl (C=O) groups excluding carboxylic acids is 3. The van der Waals surface area contributed by atoms with Crippen LogP contribution in [-0.2, 0) is 28.6 Å². The average Bonchev–Trinajstić information content (AvgIpc) is 4.10. The molecule has 7 heteroatoms. The van der Waals surface area contributed by atoms with Gasteiger partial charge in [-0.3, -0.25) is 9.59 Å². The SMILES string of the molecule is CC.CC.CCCCC/C=C\C/C=C\CCCCCCCC(=O)OC1CC(CCCCC)CC1OC.CCCCCCCCC.CCCCCCCCOC(CCC=O)C1CC1.NC=O. The molecule has 1 amide bonds. The van der Waals surface area contributed by atoms with Crippen LogP contribution in [-0.4, -0.2) is 50.7 Å². The van der Waals surface area contributed by atoms with Gasteiger partial charge in [0.15, 0.2) is 0 Å². The van der Waals surface area contributed by atoms with Gasteiger partial charge in [-0.15, -0.1) is 0 Å². The minimum absolute atomic E-state index is 0.0305. The van der Waals surface area contributed by atoms with Crippen molar-refractivity contribution in [1.82, 2.24) is 0 Å². The topological polar surface area (TPSA) is 105 Å². The number of unbranched alkanes of at least 4 members (excludes halogenated alkanes) is 21. The maximum atomic E-state index is 12.3. The van der Waals surface area contributed by atoms with Crippen molar-refractivity contribution < 1.29 is 28.6 Å². The van der Waals surface area contributed by atoms with Crippen LogP contribution < -0.4 is 5.73 Å². The van der Waals surface area contributed by atoms with Crippen LogP contribution in [0.25, 0.3) is 0 Å². The standard InChI is InChI=1S/C29H52O3.C15H28O2.C9H20.2C2H6.CH3NO/c1-4-6-8-9-10-11-12-13-14-15-16-17-18-19-21-23-29(30)32-28-25-26(22-20-7-5-2)24-27(28)31-3;1-2-3-4-5-6-7-13-17-15(9-8-12-16)14-10-11-14;1-3-5-7-9-8-6-4-2;2*1-2;2-1-3/h10-11,13-14,26-28H,4-9,12,15-25H2,1-3H3;12,14-15H,2-11,13H2,1H3;3-9H2,1-2H3;2*1-2H3;1H,(H2,2,3)/b11-10-,14-13-;;;;;. The Kier molecular flexibility index (Phi) is 66.4. The summed E-state index contributed by atoms with van der Waals surface area (Å²) in [5.41, 5.74) is 4.17. The lowest BCUT2D eigenvalue weighted by Gasteiger charge is -2.18. The van der Waals surface area contributed by atoms with Crippen molar-refractivity contribution in [3.8, 4) is 0 Å². The van der Waals surface area contributed by atoms with Gasteiger partial charge in [0.05, 0.1) is 12.2 Å². The highest BCUT2D eigenvalue weighted by Gasteiger charge is 2.36. The number of hydrogen-bond acceptors (Lipinski definition) is 6. The number of amides is 1. The lowest BCUT2D eigenvalue weighted by Crippen LogP contribution is -2.27. The van der Waals surface area contributed by atoms with Gasteiger partial charge in [0.1, 0.15) is 12.4 Å². The number of allylic oxidation sites excluding steroid dienone is 4. The van der Waals surface area contributed by atoms with Crippen molar-refractivity contribution in [3.63, 3.8) is 0 Å². The van der Waals surface area contributed by atoms with Crippen molar-refractivity contribution in [2.45, 2.75) is 305 Å². The molecule has 2 rings (SSSR count). The van der Waals surface area contributed by atoms with E-state index in [0.717, 1.165) is 57.3 Å². The van der Waals surface area contributed by atoms with E-state index in [4.69, 9.17) is 19.0 Å². The van der Waals surface area contributed by atoms with E-state index < -0.39 is 0 Å². The first-order valence-corrected chi connectivity index (χ1v) is 28.1. The van der Waals surface area contributed by atoms with Gasteiger partial charge in [0, 0.05) is 26.6 Å². The van der Waals surface area contributed by atoms with Gasteiger partial charge >= 0.3 is 5.97 Å². The predicted molar refractivity (Wildman–Crippen MR) is 285 cm³/mol. The average molecular weight is 923 g/mol. The fraction of sp³-hybridized carbons (Fsp3) is 0.879. The molecule has 0 bridgehead atoms. The number of ether oxygens (including phenoxy) is 3. The third kappa shape index (κ3) is 54.5. The Bertz CT molecular complexity index is 960. The van der Waals surface area contributed by atoms with Gasteiger partial charge in [-0.2, -0.15) is 0 Å². The number of primary amides is 1. The maximum Gasteiger partial charge on any atom is 0.306 e. The normalized spacial score (nSPS) is 16.6.